The van der Waals surface area contributed by atoms with Crippen molar-refractivity contribution in [2.75, 3.05) is 5.32 Å². The third-order valence-electron chi connectivity index (χ3n) is 4.50. The van der Waals surface area contributed by atoms with Crippen molar-refractivity contribution in [3.8, 4) is 0 Å². The number of esters is 1. The lowest BCUT2D eigenvalue weighted by Gasteiger charge is -2.08. The van der Waals surface area contributed by atoms with Gasteiger partial charge in [-0.25, -0.2) is 9.78 Å². The lowest BCUT2D eigenvalue weighted by Crippen LogP contribution is -2.18. The van der Waals surface area contributed by atoms with E-state index in [-0.39, 0.29) is 24.0 Å². The molecule has 0 atom stereocenters. The van der Waals surface area contributed by atoms with Crippen LogP contribution >= 0.6 is 11.3 Å². The Balaban J connectivity index is 1.41. The molecule has 29 heavy (non-hydrogen) atoms. The first kappa shape index (κ1) is 19.3. The second-order valence-electron chi connectivity index (χ2n) is 7.29. The van der Waals surface area contributed by atoms with Crippen molar-refractivity contribution in [2.24, 2.45) is 5.92 Å². The van der Waals surface area contributed by atoms with Gasteiger partial charge in [0.15, 0.2) is 0 Å². The van der Waals surface area contributed by atoms with Gasteiger partial charge in [0.1, 0.15) is 11.6 Å². The summed E-state index contributed by atoms with van der Waals surface area (Å²) in [5.41, 5.74) is 1.06. The van der Waals surface area contributed by atoms with Crippen molar-refractivity contribution < 1.29 is 14.3 Å². The Morgan fingerprint density at radius 2 is 2.00 bits per heavy atom. The van der Waals surface area contributed by atoms with E-state index >= 15 is 0 Å². The largest absolute Gasteiger partial charge is 0.456 e. The number of nitrogens with one attached hydrogen (secondary N) is 1. The number of nitrogens with zero attached hydrogens (tertiary/aromatic N) is 3. The zero-order valence-corrected chi connectivity index (χ0v) is 16.9. The van der Waals surface area contributed by atoms with Crippen LogP contribution in [0.3, 0.4) is 0 Å². The van der Waals surface area contributed by atoms with E-state index in [1.54, 1.807) is 38.1 Å². The zero-order chi connectivity index (χ0) is 20.5. The van der Waals surface area contributed by atoms with E-state index in [4.69, 9.17) is 4.74 Å². The summed E-state index contributed by atoms with van der Waals surface area (Å²) in [4.78, 5) is 41.1. The summed E-state index contributed by atoms with van der Waals surface area (Å²) >= 11 is 1.40. The zero-order valence-electron chi connectivity index (χ0n) is 16.0. The number of rotatable bonds is 6. The maximum absolute atomic E-state index is 12.3. The molecule has 1 aliphatic carbocycles. The first-order valence-corrected chi connectivity index (χ1v) is 10.2. The number of anilines is 1. The monoisotopic (exact) mass is 412 g/mol. The highest BCUT2D eigenvalue weighted by Crippen LogP contribution is 2.41. The van der Waals surface area contributed by atoms with Gasteiger partial charge in [-0.1, -0.05) is 25.2 Å². The molecule has 9 heteroatoms. The third kappa shape index (κ3) is 4.34. The molecule has 0 aliphatic heterocycles. The number of carbonyl (C=O) groups is 2. The first-order chi connectivity index (χ1) is 13.9. The molecule has 4 rings (SSSR count). The SMILES string of the molecule is CC(C)C(=O)Nc1ccc(C(=O)OCc2cc(=O)n3nc(C4CC4)sc3n2)cc1. The number of carbonyl (C=O) groups excluding carboxylic acids is 2. The number of amides is 1. The normalized spacial score (nSPS) is 13.6. The van der Waals surface area contributed by atoms with E-state index in [2.05, 4.69) is 15.4 Å². The van der Waals surface area contributed by atoms with Crippen LogP contribution in [0.2, 0.25) is 0 Å². The van der Waals surface area contributed by atoms with E-state index < -0.39 is 5.97 Å². The van der Waals surface area contributed by atoms with Crippen LogP contribution < -0.4 is 10.9 Å². The van der Waals surface area contributed by atoms with Crippen LogP contribution in [0.5, 0.6) is 0 Å². The maximum atomic E-state index is 12.3. The third-order valence-corrected chi connectivity index (χ3v) is 5.57. The lowest BCUT2D eigenvalue weighted by atomic mass is 10.2. The average Bonchev–Trinajstić information content (AvgIpc) is 3.46. The molecular weight excluding hydrogens is 392 g/mol. The van der Waals surface area contributed by atoms with E-state index in [1.165, 1.54) is 21.9 Å². The summed E-state index contributed by atoms with van der Waals surface area (Å²) in [5.74, 6) is -0.319. The summed E-state index contributed by atoms with van der Waals surface area (Å²) in [6.07, 6.45) is 2.19. The molecule has 0 radical (unpaired) electrons. The summed E-state index contributed by atoms with van der Waals surface area (Å²) in [7, 11) is 0. The minimum Gasteiger partial charge on any atom is -0.456 e. The van der Waals surface area contributed by atoms with Gasteiger partial charge in [0.05, 0.1) is 11.3 Å². The number of hydrogen-bond acceptors (Lipinski definition) is 7. The molecular formula is C20H20N4O4S. The van der Waals surface area contributed by atoms with Gasteiger partial charge < -0.3 is 10.1 Å². The van der Waals surface area contributed by atoms with Crippen LogP contribution in [0.1, 0.15) is 53.7 Å². The minimum absolute atomic E-state index is 0.0963. The Hall–Kier alpha value is -3.07. The van der Waals surface area contributed by atoms with Crippen LogP contribution in [-0.2, 0) is 16.1 Å². The standard InChI is InChI=1S/C20H20N4O4S/c1-11(2)17(26)21-14-7-5-13(6-8-14)19(27)28-10-15-9-16(25)24-20(22-15)29-18(23-24)12-3-4-12/h5-9,11-12H,3-4,10H2,1-2H3,(H,21,26). The number of benzene rings is 1. The second-order valence-corrected chi connectivity index (χ2v) is 8.28. The summed E-state index contributed by atoms with van der Waals surface area (Å²) < 4.78 is 6.59. The van der Waals surface area contributed by atoms with E-state index in [9.17, 15) is 14.4 Å². The quantitative estimate of drug-likeness (QED) is 0.625. The molecule has 1 amide bonds. The molecule has 1 aliphatic rings. The maximum Gasteiger partial charge on any atom is 0.338 e. The van der Waals surface area contributed by atoms with Crippen LogP contribution in [0.15, 0.2) is 35.1 Å². The van der Waals surface area contributed by atoms with Crippen molar-refractivity contribution in [3.05, 3.63) is 57.0 Å². The summed E-state index contributed by atoms with van der Waals surface area (Å²) in [6.45, 7) is 3.50. The number of aromatic nitrogens is 3. The Kier molecular flexibility index (Phi) is 5.14. The summed E-state index contributed by atoms with van der Waals surface area (Å²) in [5, 5.41) is 8.00. The highest BCUT2D eigenvalue weighted by molar-refractivity contribution is 7.16. The van der Waals surface area contributed by atoms with Gasteiger partial charge in [-0.05, 0) is 37.1 Å². The van der Waals surface area contributed by atoms with Crippen LogP contribution in [0, 0.1) is 5.92 Å². The van der Waals surface area contributed by atoms with Crippen molar-refractivity contribution >= 4 is 33.9 Å². The van der Waals surface area contributed by atoms with Gasteiger partial charge in [-0.15, -0.1) is 0 Å². The first-order valence-electron chi connectivity index (χ1n) is 9.38. The van der Waals surface area contributed by atoms with Gasteiger partial charge in [0, 0.05) is 23.6 Å². The topological polar surface area (TPSA) is 103 Å². The Labute approximate surface area is 170 Å². The number of fused-ring (bicyclic) bond motifs is 1. The van der Waals surface area contributed by atoms with Crippen LogP contribution in [-0.4, -0.2) is 26.5 Å². The van der Waals surface area contributed by atoms with Gasteiger partial charge in [0.25, 0.3) is 5.56 Å². The molecule has 1 N–H and O–H groups in total. The molecule has 0 bridgehead atoms. The van der Waals surface area contributed by atoms with Gasteiger partial charge in [-0.2, -0.15) is 9.61 Å². The van der Waals surface area contributed by atoms with Gasteiger partial charge >= 0.3 is 5.97 Å². The fourth-order valence-electron chi connectivity index (χ4n) is 2.64. The molecule has 0 unspecified atom stereocenters. The second kappa shape index (κ2) is 7.75. The molecule has 8 nitrogen and oxygen atoms in total. The highest BCUT2D eigenvalue weighted by atomic mass is 32.1. The van der Waals surface area contributed by atoms with Crippen LogP contribution in [0.25, 0.3) is 4.96 Å². The number of ether oxygens (including phenoxy) is 1. The molecule has 1 fully saturated rings. The van der Waals surface area contributed by atoms with Gasteiger partial charge in [0.2, 0.25) is 10.9 Å². The van der Waals surface area contributed by atoms with Crippen LogP contribution in [0.4, 0.5) is 5.69 Å². The highest BCUT2D eigenvalue weighted by Gasteiger charge is 2.28. The Morgan fingerprint density at radius 3 is 2.66 bits per heavy atom. The molecule has 150 valence electrons. The fraction of sp³-hybridized carbons (Fsp3) is 0.350. The Morgan fingerprint density at radius 1 is 1.28 bits per heavy atom. The van der Waals surface area contributed by atoms with E-state index in [0.29, 0.717) is 27.8 Å². The van der Waals surface area contributed by atoms with Gasteiger partial charge in [-0.3, -0.25) is 9.59 Å². The predicted octanol–water partition coefficient (Wildman–Crippen LogP) is 2.98. The lowest BCUT2D eigenvalue weighted by molar-refractivity contribution is -0.118. The van der Waals surface area contributed by atoms with Crippen molar-refractivity contribution in [1.29, 1.82) is 0 Å². The van der Waals surface area contributed by atoms with Crippen molar-refractivity contribution in [2.45, 2.75) is 39.2 Å². The smallest absolute Gasteiger partial charge is 0.338 e. The minimum atomic E-state index is -0.531. The van der Waals surface area contributed by atoms with E-state index in [1.807, 2.05) is 0 Å². The van der Waals surface area contributed by atoms with E-state index in [0.717, 1.165) is 17.8 Å². The Bertz CT molecular complexity index is 1130. The fourth-order valence-corrected chi connectivity index (χ4v) is 3.73. The molecule has 0 saturated heterocycles. The van der Waals surface area contributed by atoms with Crippen molar-refractivity contribution in [3.63, 3.8) is 0 Å². The molecule has 2 aromatic heterocycles. The molecule has 0 spiro atoms. The average molecular weight is 412 g/mol. The molecule has 1 saturated carbocycles. The van der Waals surface area contributed by atoms with Crippen molar-refractivity contribution in [1.82, 2.24) is 14.6 Å². The summed E-state index contributed by atoms with van der Waals surface area (Å²) in [6, 6.07) is 7.78. The predicted molar refractivity (Wildman–Crippen MR) is 108 cm³/mol. The molecule has 2 heterocycles. The number of hydrogen-bond donors (Lipinski definition) is 1. The molecule has 3 aromatic rings. The molecule has 1 aromatic carbocycles.